The van der Waals surface area contributed by atoms with E-state index >= 15 is 0 Å². The maximum atomic E-state index is 12.8. The second-order valence-electron chi connectivity index (χ2n) is 6.75. The van der Waals surface area contributed by atoms with Gasteiger partial charge in [-0.05, 0) is 48.0 Å². The second kappa shape index (κ2) is 10.7. The third kappa shape index (κ3) is 6.69. The van der Waals surface area contributed by atoms with Crippen LogP contribution in [-0.2, 0) is 11.0 Å². The van der Waals surface area contributed by atoms with Crippen LogP contribution < -0.4 is 15.5 Å². The summed E-state index contributed by atoms with van der Waals surface area (Å²) in [5, 5.41) is 17.8. The van der Waals surface area contributed by atoms with Crippen LogP contribution in [0.2, 0.25) is 5.02 Å². The van der Waals surface area contributed by atoms with Crippen molar-refractivity contribution in [3.05, 3.63) is 93.0 Å². The van der Waals surface area contributed by atoms with Crippen molar-refractivity contribution in [2.24, 2.45) is 5.10 Å². The number of anilines is 2. The molecule has 3 rings (SSSR count). The molecule has 12 heteroatoms. The normalized spacial score (nSPS) is 11.3. The van der Waals surface area contributed by atoms with E-state index in [9.17, 15) is 28.1 Å². The molecule has 0 spiro atoms. The number of carbonyl (C=O) groups is 1. The van der Waals surface area contributed by atoms with Gasteiger partial charge in [-0.1, -0.05) is 29.8 Å². The number of para-hydroxylation sites is 1. The zero-order valence-electron chi connectivity index (χ0n) is 17.2. The van der Waals surface area contributed by atoms with Crippen molar-refractivity contribution in [3.8, 4) is 5.75 Å². The van der Waals surface area contributed by atoms with E-state index < -0.39 is 22.4 Å². The van der Waals surface area contributed by atoms with Gasteiger partial charge in [0.1, 0.15) is 11.4 Å². The number of carbonyl (C=O) groups excluding carboxylic acids is 1. The fraction of sp³-hybridized carbons (Fsp3) is 0.0909. The Kier molecular flexibility index (Phi) is 7.69. The molecule has 3 aromatic rings. The number of hydrogen-bond donors (Lipinski definition) is 2. The lowest BCUT2D eigenvalue weighted by Crippen LogP contribution is -2.20. The second-order valence-corrected chi connectivity index (χ2v) is 7.16. The number of ether oxygens (including phenoxy) is 1. The van der Waals surface area contributed by atoms with Crippen LogP contribution in [-0.4, -0.2) is 23.7 Å². The van der Waals surface area contributed by atoms with E-state index in [1.807, 2.05) is 6.07 Å². The first kappa shape index (κ1) is 24.5. The van der Waals surface area contributed by atoms with Crippen molar-refractivity contribution in [1.82, 2.24) is 0 Å². The Morgan fingerprint density at radius 3 is 2.50 bits per heavy atom. The lowest BCUT2D eigenvalue weighted by atomic mass is 10.1. The molecule has 176 valence electrons. The van der Waals surface area contributed by atoms with Gasteiger partial charge in [-0.3, -0.25) is 20.3 Å². The van der Waals surface area contributed by atoms with Gasteiger partial charge < -0.3 is 10.1 Å². The Labute approximate surface area is 196 Å². The first-order chi connectivity index (χ1) is 16.1. The minimum atomic E-state index is -4.71. The van der Waals surface area contributed by atoms with Gasteiger partial charge in [-0.15, -0.1) is 0 Å². The van der Waals surface area contributed by atoms with Gasteiger partial charge in [0.15, 0.2) is 6.61 Å². The molecule has 0 saturated carbocycles. The summed E-state index contributed by atoms with van der Waals surface area (Å²) in [5.74, 6) is -0.136. The standard InChI is InChI=1S/C22H16ClF3N4O4/c23-17-10-14(6-9-20(17)34-13-21(31)28-16-4-2-1-3-5-16)12-27-29-18-8-7-15(22(24,25)26)11-19(18)30(32)33/h1-12,29H,13H2,(H,28,31)/b27-12-. The summed E-state index contributed by atoms with van der Waals surface area (Å²) < 4.78 is 43.8. The molecule has 0 aliphatic carbocycles. The zero-order valence-corrected chi connectivity index (χ0v) is 17.9. The maximum absolute atomic E-state index is 12.8. The van der Waals surface area contributed by atoms with Crippen molar-refractivity contribution in [3.63, 3.8) is 0 Å². The van der Waals surface area contributed by atoms with Gasteiger partial charge in [0.25, 0.3) is 11.6 Å². The summed E-state index contributed by atoms with van der Waals surface area (Å²) in [4.78, 5) is 22.1. The summed E-state index contributed by atoms with van der Waals surface area (Å²) in [6.07, 6.45) is -3.45. The highest BCUT2D eigenvalue weighted by atomic mass is 35.5. The Bertz CT molecular complexity index is 1220. The number of alkyl halides is 3. The zero-order chi connectivity index (χ0) is 24.7. The fourth-order valence-corrected chi connectivity index (χ4v) is 2.95. The van der Waals surface area contributed by atoms with E-state index in [1.54, 1.807) is 30.3 Å². The molecule has 0 saturated heterocycles. The first-order valence-electron chi connectivity index (χ1n) is 9.55. The SMILES string of the molecule is O=C(COc1ccc(/C=N\Nc2ccc(C(F)(F)F)cc2[N+](=O)[O-])cc1Cl)Nc1ccccc1. The van der Waals surface area contributed by atoms with Gasteiger partial charge in [-0.2, -0.15) is 18.3 Å². The highest BCUT2D eigenvalue weighted by Gasteiger charge is 2.33. The van der Waals surface area contributed by atoms with Gasteiger partial charge in [0, 0.05) is 11.8 Å². The summed E-state index contributed by atoms with van der Waals surface area (Å²) in [6, 6.07) is 15.4. The van der Waals surface area contributed by atoms with Crippen LogP contribution in [0.4, 0.5) is 30.2 Å². The summed E-state index contributed by atoms with van der Waals surface area (Å²) in [7, 11) is 0. The Morgan fingerprint density at radius 1 is 1.12 bits per heavy atom. The molecular formula is C22H16ClF3N4O4. The van der Waals surface area contributed by atoms with Crippen molar-refractivity contribution in [1.29, 1.82) is 0 Å². The predicted octanol–water partition coefficient (Wildman–Crippen LogP) is 5.73. The van der Waals surface area contributed by atoms with Crippen molar-refractivity contribution < 1.29 is 27.6 Å². The maximum Gasteiger partial charge on any atom is 0.416 e. The number of halogens is 4. The fourth-order valence-electron chi connectivity index (χ4n) is 2.71. The summed E-state index contributed by atoms with van der Waals surface area (Å²) in [6.45, 7) is -0.277. The average Bonchev–Trinajstić information content (AvgIpc) is 2.78. The van der Waals surface area contributed by atoms with Crippen LogP contribution in [0.3, 0.4) is 0 Å². The summed E-state index contributed by atoms with van der Waals surface area (Å²) in [5.41, 5.74) is 1.30. The largest absolute Gasteiger partial charge is 0.482 e. The molecule has 8 nitrogen and oxygen atoms in total. The molecule has 34 heavy (non-hydrogen) atoms. The molecule has 0 fully saturated rings. The van der Waals surface area contributed by atoms with Crippen LogP contribution in [0, 0.1) is 10.1 Å². The highest BCUT2D eigenvalue weighted by molar-refractivity contribution is 6.32. The molecule has 0 aromatic heterocycles. The van der Waals surface area contributed by atoms with Crippen molar-refractivity contribution in [2.45, 2.75) is 6.18 Å². The lowest BCUT2D eigenvalue weighted by molar-refractivity contribution is -0.384. The van der Waals surface area contributed by atoms with Crippen molar-refractivity contribution in [2.75, 3.05) is 17.3 Å². The van der Waals surface area contributed by atoms with Crippen LogP contribution in [0.25, 0.3) is 0 Å². The lowest BCUT2D eigenvalue weighted by Gasteiger charge is -2.09. The monoisotopic (exact) mass is 492 g/mol. The number of nitro groups is 1. The molecule has 0 unspecified atom stereocenters. The smallest absolute Gasteiger partial charge is 0.416 e. The van der Waals surface area contributed by atoms with E-state index in [0.717, 1.165) is 6.07 Å². The van der Waals surface area contributed by atoms with Gasteiger partial charge >= 0.3 is 6.18 Å². The third-order valence-corrected chi connectivity index (χ3v) is 4.59. The molecular weight excluding hydrogens is 477 g/mol. The number of nitrogens with zero attached hydrogens (tertiary/aromatic N) is 2. The van der Waals surface area contributed by atoms with Crippen LogP contribution in [0.5, 0.6) is 5.75 Å². The minimum absolute atomic E-state index is 0.178. The number of nitrogens with one attached hydrogen (secondary N) is 2. The predicted molar refractivity (Wildman–Crippen MR) is 121 cm³/mol. The number of hydrogen-bond acceptors (Lipinski definition) is 6. The topological polar surface area (TPSA) is 106 Å². The van der Waals surface area contributed by atoms with E-state index in [2.05, 4.69) is 15.8 Å². The Balaban J connectivity index is 1.61. The molecule has 0 radical (unpaired) electrons. The van der Waals surface area contributed by atoms with E-state index in [-0.39, 0.29) is 29.0 Å². The molecule has 0 bridgehead atoms. The van der Waals surface area contributed by atoms with E-state index in [1.165, 1.54) is 18.3 Å². The van der Waals surface area contributed by atoms with Crippen LogP contribution >= 0.6 is 11.6 Å². The number of amides is 1. The van der Waals surface area contributed by atoms with E-state index in [0.29, 0.717) is 23.4 Å². The quantitative estimate of drug-likeness (QED) is 0.237. The number of hydrazone groups is 1. The average molecular weight is 493 g/mol. The third-order valence-electron chi connectivity index (χ3n) is 4.29. The molecule has 0 atom stereocenters. The van der Waals surface area contributed by atoms with Crippen LogP contribution in [0.15, 0.2) is 71.8 Å². The molecule has 1 amide bonds. The van der Waals surface area contributed by atoms with Crippen LogP contribution in [0.1, 0.15) is 11.1 Å². The van der Waals surface area contributed by atoms with Gasteiger partial charge in [0.05, 0.1) is 21.7 Å². The first-order valence-corrected chi connectivity index (χ1v) is 9.93. The number of nitro benzene ring substituents is 1. The van der Waals surface area contributed by atoms with Gasteiger partial charge in [-0.25, -0.2) is 0 Å². The highest BCUT2D eigenvalue weighted by Crippen LogP contribution is 2.35. The molecule has 2 N–H and O–H groups in total. The Morgan fingerprint density at radius 2 is 1.85 bits per heavy atom. The Hall–Kier alpha value is -4.12. The minimum Gasteiger partial charge on any atom is -0.482 e. The molecule has 0 heterocycles. The summed E-state index contributed by atoms with van der Waals surface area (Å²) >= 11 is 6.16. The molecule has 0 aliphatic heterocycles. The molecule has 0 aliphatic rings. The number of rotatable bonds is 8. The van der Waals surface area contributed by atoms with E-state index in [4.69, 9.17) is 16.3 Å². The number of benzene rings is 3. The van der Waals surface area contributed by atoms with Crippen molar-refractivity contribution >= 4 is 40.8 Å². The molecule has 3 aromatic carbocycles. The van der Waals surface area contributed by atoms with Gasteiger partial charge in [0.2, 0.25) is 0 Å².